The number of hydrogen-bond donors (Lipinski definition) is 2. The van der Waals surface area contributed by atoms with Gasteiger partial charge in [0.15, 0.2) is 0 Å². The monoisotopic (exact) mass is 569 g/mol. The maximum atomic E-state index is 13.3. The van der Waals surface area contributed by atoms with E-state index in [1.807, 2.05) is 13.8 Å². The van der Waals surface area contributed by atoms with Gasteiger partial charge < -0.3 is 24.6 Å². The summed E-state index contributed by atoms with van der Waals surface area (Å²) < 4.78 is 16.3. The number of carboxylic acid groups (broad SMARTS) is 1. The number of esters is 2. The van der Waals surface area contributed by atoms with Crippen LogP contribution in [0.3, 0.4) is 0 Å². The van der Waals surface area contributed by atoms with E-state index in [1.54, 1.807) is 36.4 Å². The molecule has 1 amide bonds. The van der Waals surface area contributed by atoms with Crippen LogP contribution in [0.1, 0.15) is 31.8 Å². The van der Waals surface area contributed by atoms with Gasteiger partial charge in [-0.25, -0.2) is 14.4 Å². The Labute approximate surface area is 221 Å². The summed E-state index contributed by atoms with van der Waals surface area (Å²) >= 11 is 3.29. The highest BCUT2D eigenvalue weighted by Gasteiger charge is 2.41. The Balaban J connectivity index is 1.95. The second kappa shape index (κ2) is 12.2. The van der Waals surface area contributed by atoms with Crippen molar-refractivity contribution >= 4 is 45.4 Å². The molecule has 192 valence electrons. The summed E-state index contributed by atoms with van der Waals surface area (Å²) in [6.07, 6.45) is -4.19. The van der Waals surface area contributed by atoms with E-state index in [4.69, 9.17) is 14.2 Å². The predicted octanol–water partition coefficient (Wildman–Crippen LogP) is 4.55. The zero-order valence-corrected chi connectivity index (χ0v) is 21.8. The number of rotatable bonds is 9. The third-order valence-corrected chi connectivity index (χ3v) is 5.73. The highest BCUT2D eigenvalue weighted by atomic mass is 79.9. The molecular weight excluding hydrogens is 546 g/mol. The number of halogens is 1. The maximum absolute atomic E-state index is 13.3. The summed E-state index contributed by atoms with van der Waals surface area (Å²) in [6, 6.07) is 17.2. The molecule has 2 atom stereocenters. The van der Waals surface area contributed by atoms with E-state index in [2.05, 4.69) is 21.2 Å². The molecule has 0 bridgehead atoms. The Morgan fingerprint density at radius 3 is 1.73 bits per heavy atom. The lowest BCUT2D eigenvalue weighted by atomic mass is 10.1. The molecule has 2 N–H and O–H groups in total. The fourth-order valence-corrected chi connectivity index (χ4v) is 3.58. The molecule has 10 heteroatoms. The van der Waals surface area contributed by atoms with E-state index in [9.17, 15) is 24.3 Å². The van der Waals surface area contributed by atoms with Crippen molar-refractivity contribution in [2.75, 3.05) is 12.4 Å². The van der Waals surface area contributed by atoms with E-state index in [0.717, 1.165) is 11.1 Å². The Kier molecular flexibility index (Phi) is 9.02. The van der Waals surface area contributed by atoms with Crippen molar-refractivity contribution in [3.8, 4) is 5.75 Å². The molecule has 3 aromatic rings. The molecule has 0 aliphatic rings. The summed E-state index contributed by atoms with van der Waals surface area (Å²) in [5.41, 5.74) is 2.07. The molecule has 37 heavy (non-hydrogen) atoms. The molecule has 3 aromatic carbocycles. The molecule has 9 nitrogen and oxygen atoms in total. The molecule has 0 aliphatic carbocycles. The third kappa shape index (κ3) is 7.17. The average Bonchev–Trinajstić information content (AvgIpc) is 2.86. The van der Waals surface area contributed by atoms with Crippen molar-refractivity contribution in [1.29, 1.82) is 0 Å². The summed E-state index contributed by atoms with van der Waals surface area (Å²) in [5.74, 6) is -4.43. The van der Waals surface area contributed by atoms with Crippen LogP contribution in [0, 0.1) is 13.8 Å². The van der Waals surface area contributed by atoms with Gasteiger partial charge in [0.05, 0.1) is 23.9 Å². The van der Waals surface area contributed by atoms with Gasteiger partial charge in [0, 0.05) is 4.47 Å². The first-order chi connectivity index (χ1) is 17.6. The Morgan fingerprint density at radius 2 is 1.27 bits per heavy atom. The Morgan fingerprint density at radius 1 is 0.784 bits per heavy atom. The normalized spacial score (nSPS) is 12.1. The van der Waals surface area contributed by atoms with Crippen molar-refractivity contribution in [2.45, 2.75) is 26.1 Å². The van der Waals surface area contributed by atoms with Gasteiger partial charge in [-0.05, 0) is 56.3 Å². The minimum atomic E-state index is -2.15. The van der Waals surface area contributed by atoms with Crippen molar-refractivity contribution < 1.29 is 38.5 Å². The molecule has 0 heterocycles. The number of nitrogens with one attached hydrogen (secondary N) is 1. The summed E-state index contributed by atoms with van der Waals surface area (Å²) in [4.78, 5) is 51.0. The molecule has 3 rings (SSSR count). The minimum Gasteiger partial charge on any atom is -0.495 e. The first-order valence-electron chi connectivity index (χ1n) is 11.0. The van der Waals surface area contributed by atoms with Crippen molar-refractivity contribution in [3.63, 3.8) is 0 Å². The van der Waals surface area contributed by atoms with Gasteiger partial charge in [-0.3, -0.25) is 4.79 Å². The number of carboxylic acids is 1. The van der Waals surface area contributed by atoms with Crippen LogP contribution in [0.5, 0.6) is 5.75 Å². The van der Waals surface area contributed by atoms with Crippen LogP contribution < -0.4 is 10.1 Å². The van der Waals surface area contributed by atoms with Crippen LogP contribution in [0.4, 0.5) is 5.69 Å². The number of carbonyl (C=O) groups is 4. The van der Waals surface area contributed by atoms with Crippen LogP contribution in [-0.4, -0.2) is 48.2 Å². The molecule has 0 saturated carbocycles. The van der Waals surface area contributed by atoms with Gasteiger partial charge in [-0.15, -0.1) is 0 Å². The lowest BCUT2D eigenvalue weighted by Crippen LogP contribution is -2.48. The van der Waals surface area contributed by atoms with Crippen molar-refractivity contribution in [1.82, 2.24) is 0 Å². The number of ether oxygens (including phenoxy) is 3. The number of aryl methyl sites for hydroxylation is 2. The summed E-state index contributed by atoms with van der Waals surface area (Å²) in [7, 11) is 1.39. The van der Waals surface area contributed by atoms with Crippen LogP contribution in [-0.2, 0) is 19.1 Å². The van der Waals surface area contributed by atoms with Gasteiger partial charge in [-0.1, -0.05) is 51.3 Å². The van der Waals surface area contributed by atoms with E-state index < -0.39 is 36.0 Å². The number of aliphatic carboxylic acids is 1. The topological polar surface area (TPSA) is 128 Å². The fourth-order valence-electron chi connectivity index (χ4n) is 3.22. The second-order valence-electron chi connectivity index (χ2n) is 8.06. The van der Waals surface area contributed by atoms with Crippen molar-refractivity contribution in [2.24, 2.45) is 0 Å². The highest BCUT2D eigenvalue weighted by Crippen LogP contribution is 2.28. The fraction of sp³-hybridized carbons (Fsp3) is 0.185. The van der Waals surface area contributed by atoms with E-state index in [-0.39, 0.29) is 22.6 Å². The van der Waals surface area contributed by atoms with Gasteiger partial charge in [0.25, 0.3) is 5.91 Å². The maximum Gasteiger partial charge on any atom is 0.349 e. The number of hydrogen-bond acceptors (Lipinski definition) is 7. The molecule has 0 aliphatic heterocycles. The van der Waals surface area contributed by atoms with Crippen LogP contribution >= 0.6 is 15.9 Å². The van der Waals surface area contributed by atoms with Gasteiger partial charge >= 0.3 is 17.9 Å². The molecule has 0 spiro atoms. The standard InChI is InChI=1S/C27H24BrNO8/c1-15-4-8-17(9-5-15)26(33)36-22(24(30)29-20-14-19(28)12-13-21(20)35-3)23(25(31)32)37-27(34)18-10-6-16(2)7-11-18/h4-14,22-23H,1-3H3,(H,29,30)(H,31,32)/t22-,23-/m0/s1. The van der Waals surface area contributed by atoms with Crippen LogP contribution in [0.2, 0.25) is 0 Å². The molecular formula is C27H24BrNO8. The molecule has 0 unspecified atom stereocenters. The van der Waals surface area contributed by atoms with Gasteiger partial charge in [-0.2, -0.15) is 0 Å². The number of anilines is 1. The highest BCUT2D eigenvalue weighted by molar-refractivity contribution is 9.10. The average molecular weight is 570 g/mol. The van der Waals surface area contributed by atoms with Gasteiger partial charge in [0.1, 0.15) is 5.75 Å². The first kappa shape index (κ1) is 27.4. The largest absolute Gasteiger partial charge is 0.495 e. The van der Waals surface area contributed by atoms with E-state index in [1.165, 1.54) is 37.4 Å². The summed E-state index contributed by atoms with van der Waals surface area (Å²) in [5, 5.41) is 12.4. The number of carbonyl (C=O) groups excluding carboxylic acids is 3. The predicted molar refractivity (Wildman–Crippen MR) is 138 cm³/mol. The molecule has 0 saturated heterocycles. The lowest BCUT2D eigenvalue weighted by molar-refractivity contribution is -0.157. The third-order valence-electron chi connectivity index (χ3n) is 5.24. The van der Waals surface area contributed by atoms with Crippen molar-refractivity contribution in [3.05, 3.63) is 93.5 Å². The smallest absolute Gasteiger partial charge is 0.349 e. The molecule has 0 fully saturated rings. The second-order valence-corrected chi connectivity index (χ2v) is 8.97. The quantitative estimate of drug-likeness (QED) is 0.359. The Hall–Kier alpha value is -4.18. The van der Waals surface area contributed by atoms with Crippen LogP contribution in [0.15, 0.2) is 71.2 Å². The SMILES string of the molecule is COc1ccc(Br)cc1NC(=O)[C@@H](OC(=O)c1ccc(C)cc1)[C@H](OC(=O)c1ccc(C)cc1)C(=O)O. The minimum absolute atomic E-state index is 0.0644. The van der Waals surface area contributed by atoms with E-state index >= 15 is 0 Å². The summed E-state index contributed by atoms with van der Waals surface area (Å²) in [6.45, 7) is 3.64. The van der Waals surface area contributed by atoms with Gasteiger partial charge in [0.2, 0.25) is 12.2 Å². The Bertz CT molecular complexity index is 1300. The number of amides is 1. The number of methoxy groups -OCH3 is 1. The van der Waals surface area contributed by atoms with E-state index in [0.29, 0.717) is 4.47 Å². The zero-order chi connectivity index (χ0) is 27.1. The molecule has 0 aromatic heterocycles. The molecule has 0 radical (unpaired) electrons. The number of benzene rings is 3. The first-order valence-corrected chi connectivity index (χ1v) is 11.8. The zero-order valence-electron chi connectivity index (χ0n) is 20.2. The van der Waals surface area contributed by atoms with Crippen LogP contribution in [0.25, 0.3) is 0 Å². The lowest BCUT2D eigenvalue weighted by Gasteiger charge is -2.24.